The van der Waals surface area contributed by atoms with Crippen LogP contribution in [-0.4, -0.2) is 15.9 Å². The van der Waals surface area contributed by atoms with Gasteiger partial charge in [-0.1, -0.05) is 12.1 Å². The molecule has 2 aromatic carbocycles. The molecule has 23 heavy (non-hydrogen) atoms. The van der Waals surface area contributed by atoms with Crippen molar-refractivity contribution in [2.24, 2.45) is 0 Å². The molecule has 0 saturated heterocycles. The van der Waals surface area contributed by atoms with Crippen molar-refractivity contribution < 1.29 is 18.3 Å². The maximum absolute atomic E-state index is 13.1. The van der Waals surface area contributed by atoms with Gasteiger partial charge in [-0.3, -0.25) is 0 Å². The fourth-order valence-electron chi connectivity index (χ4n) is 2.10. The summed E-state index contributed by atoms with van der Waals surface area (Å²) >= 11 is 0. The third kappa shape index (κ3) is 3.23. The van der Waals surface area contributed by atoms with Gasteiger partial charge in [0.2, 0.25) is 0 Å². The summed E-state index contributed by atoms with van der Waals surface area (Å²) in [6.07, 6.45) is 0. The fourth-order valence-corrected chi connectivity index (χ4v) is 2.10. The molecule has 0 aliphatic carbocycles. The Bertz CT molecular complexity index is 879. The first kappa shape index (κ1) is 14.8. The van der Waals surface area contributed by atoms with Crippen molar-refractivity contribution in [3.63, 3.8) is 0 Å². The zero-order valence-electron chi connectivity index (χ0n) is 11.8. The quantitative estimate of drug-likeness (QED) is 0.752. The second kappa shape index (κ2) is 5.96. The molecule has 1 aromatic heterocycles. The van der Waals surface area contributed by atoms with Crippen molar-refractivity contribution in [2.75, 3.05) is 5.73 Å². The molecule has 3 rings (SSSR count). The first-order valence-corrected chi connectivity index (χ1v) is 6.67. The second-order valence-corrected chi connectivity index (χ2v) is 4.78. The van der Waals surface area contributed by atoms with Crippen LogP contribution in [0.25, 0.3) is 10.9 Å². The van der Waals surface area contributed by atoms with E-state index in [9.17, 15) is 13.6 Å². The first-order valence-electron chi connectivity index (χ1n) is 6.67. The number of aromatic nitrogens is 2. The van der Waals surface area contributed by atoms with Crippen molar-refractivity contribution in [1.82, 2.24) is 9.97 Å². The van der Waals surface area contributed by atoms with E-state index in [0.29, 0.717) is 17.0 Å². The van der Waals surface area contributed by atoms with E-state index in [2.05, 4.69) is 9.97 Å². The number of hydrogen-bond donors (Lipinski definition) is 1. The number of benzene rings is 2. The molecule has 3 aromatic rings. The van der Waals surface area contributed by atoms with Gasteiger partial charge in [-0.25, -0.2) is 23.5 Å². The topological polar surface area (TPSA) is 78.1 Å². The van der Waals surface area contributed by atoms with Crippen LogP contribution in [0.1, 0.15) is 16.2 Å². The molecule has 0 fully saturated rings. The molecule has 7 heteroatoms. The first-order chi connectivity index (χ1) is 11.0. The Morgan fingerprint density at radius 1 is 1.09 bits per heavy atom. The number of esters is 1. The van der Waals surface area contributed by atoms with E-state index in [1.807, 2.05) is 0 Å². The predicted molar refractivity (Wildman–Crippen MR) is 79.4 cm³/mol. The van der Waals surface area contributed by atoms with Crippen LogP contribution in [0.3, 0.4) is 0 Å². The Labute approximate surface area is 129 Å². The number of rotatable bonds is 3. The molecular weight excluding hydrogens is 304 g/mol. The molecule has 0 unspecified atom stereocenters. The summed E-state index contributed by atoms with van der Waals surface area (Å²) in [6.45, 7) is -0.258. The lowest BCUT2D eigenvalue weighted by Crippen LogP contribution is -2.09. The number of anilines is 1. The number of nitrogens with zero attached hydrogens (tertiary/aromatic N) is 2. The zero-order valence-corrected chi connectivity index (χ0v) is 11.8. The molecule has 0 saturated carbocycles. The van der Waals surface area contributed by atoms with Crippen LogP contribution in [0.4, 0.5) is 14.6 Å². The standard InChI is InChI=1S/C16H11F2N3O2/c17-10-5-9(6-11(18)7-10)16(22)23-8-14-20-13-4-2-1-3-12(13)15(19)21-14/h1-7H,8H2,(H2,19,20,21). The number of carbonyl (C=O) groups excluding carboxylic acids is 1. The van der Waals surface area contributed by atoms with E-state index in [1.165, 1.54) is 0 Å². The Balaban J connectivity index is 1.79. The van der Waals surface area contributed by atoms with Gasteiger partial charge in [-0.15, -0.1) is 0 Å². The molecule has 0 bridgehead atoms. The van der Waals surface area contributed by atoms with Gasteiger partial charge in [-0.2, -0.15) is 0 Å². The van der Waals surface area contributed by atoms with Gasteiger partial charge in [0.25, 0.3) is 0 Å². The van der Waals surface area contributed by atoms with E-state index in [4.69, 9.17) is 10.5 Å². The number of nitrogen functional groups attached to an aromatic ring is 1. The average molecular weight is 315 g/mol. The number of para-hydroxylation sites is 1. The molecule has 0 amide bonds. The van der Waals surface area contributed by atoms with Crippen LogP contribution in [0, 0.1) is 11.6 Å². The lowest BCUT2D eigenvalue weighted by atomic mass is 10.2. The minimum atomic E-state index is -0.876. The van der Waals surface area contributed by atoms with Crippen LogP contribution in [0.15, 0.2) is 42.5 Å². The summed E-state index contributed by atoms with van der Waals surface area (Å²) in [7, 11) is 0. The molecule has 0 radical (unpaired) electrons. The summed E-state index contributed by atoms with van der Waals surface area (Å²) in [4.78, 5) is 20.1. The van der Waals surface area contributed by atoms with Gasteiger partial charge in [0, 0.05) is 11.5 Å². The van der Waals surface area contributed by atoms with Gasteiger partial charge in [0.05, 0.1) is 11.1 Å². The van der Waals surface area contributed by atoms with E-state index >= 15 is 0 Å². The van der Waals surface area contributed by atoms with Gasteiger partial charge in [0.15, 0.2) is 12.4 Å². The van der Waals surface area contributed by atoms with Crippen molar-refractivity contribution in [2.45, 2.75) is 6.61 Å². The van der Waals surface area contributed by atoms with E-state index < -0.39 is 17.6 Å². The molecule has 116 valence electrons. The van der Waals surface area contributed by atoms with Crippen molar-refractivity contribution in [3.05, 3.63) is 65.5 Å². The maximum atomic E-state index is 13.1. The summed E-state index contributed by atoms with van der Waals surface area (Å²) in [5.74, 6) is -2.13. The molecule has 2 N–H and O–H groups in total. The lowest BCUT2D eigenvalue weighted by molar-refractivity contribution is 0.0461. The maximum Gasteiger partial charge on any atom is 0.338 e. The van der Waals surface area contributed by atoms with E-state index in [0.717, 1.165) is 12.1 Å². The largest absolute Gasteiger partial charge is 0.454 e. The third-order valence-electron chi connectivity index (χ3n) is 3.11. The second-order valence-electron chi connectivity index (χ2n) is 4.78. The van der Waals surface area contributed by atoms with Crippen LogP contribution >= 0.6 is 0 Å². The highest BCUT2D eigenvalue weighted by Crippen LogP contribution is 2.17. The number of halogens is 2. The SMILES string of the molecule is Nc1nc(COC(=O)c2cc(F)cc(F)c2)nc2ccccc12. The number of hydrogen-bond acceptors (Lipinski definition) is 5. The smallest absolute Gasteiger partial charge is 0.338 e. The van der Waals surface area contributed by atoms with Gasteiger partial charge in [0.1, 0.15) is 17.5 Å². The van der Waals surface area contributed by atoms with E-state index in [-0.39, 0.29) is 23.8 Å². The van der Waals surface area contributed by atoms with Gasteiger partial charge in [-0.05, 0) is 24.3 Å². The minimum absolute atomic E-state index is 0.200. The van der Waals surface area contributed by atoms with Crippen LogP contribution < -0.4 is 5.73 Å². The molecule has 0 aliphatic rings. The zero-order chi connectivity index (χ0) is 16.4. The number of nitrogens with two attached hydrogens (primary N) is 1. The Hall–Kier alpha value is -3.09. The summed E-state index contributed by atoms with van der Waals surface area (Å²) < 4.78 is 31.2. The monoisotopic (exact) mass is 315 g/mol. The molecule has 0 spiro atoms. The minimum Gasteiger partial charge on any atom is -0.454 e. The lowest BCUT2D eigenvalue weighted by Gasteiger charge is -2.07. The van der Waals surface area contributed by atoms with Gasteiger partial charge >= 0.3 is 5.97 Å². The number of ether oxygens (including phenoxy) is 1. The van der Waals surface area contributed by atoms with Crippen LogP contribution in [-0.2, 0) is 11.3 Å². The molecular formula is C16H11F2N3O2. The van der Waals surface area contributed by atoms with Crippen LogP contribution in [0.5, 0.6) is 0 Å². The number of fused-ring (bicyclic) bond motifs is 1. The molecule has 0 aliphatic heterocycles. The summed E-state index contributed by atoms with van der Waals surface area (Å²) in [5.41, 5.74) is 6.21. The summed E-state index contributed by atoms with van der Waals surface area (Å²) in [6, 6.07) is 9.57. The molecule has 1 heterocycles. The Morgan fingerprint density at radius 3 is 2.52 bits per heavy atom. The Kier molecular flexibility index (Phi) is 3.84. The summed E-state index contributed by atoms with van der Waals surface area (Å²) in [5, 5.41) is 0.690. The van der Waals surface area contributed by atoms with Crippen molar-refractivity contribution in [3.8, 4) is 0 Å². The highest BCUT2D eigenvalue weighted by molar-refractivity contribution is 5.89. The predicted octanol–water partition coefficient (Wildman–Crippen LogP) is 2.85. The number of carbonyl (C=O) groups is 1. The van der Waals surface area contributed by atoms with Crippen molar-refractivity contribution >= 4 is 22.7 Å². The van der Waals surface area contributed by atoms with Crippen LogP contribution in [0.2, 0.25) is 0 Å². The molecule has 0 atom stereocenters. The fraction of sp³-hybridized carbons (Fsp3) is 0.0625. The highest BCUT2D eigenvalue weighted by Gasteiger charge is 2.12. The van der Waals surface area contributed by atoms with E-state index in [1.54, 1.807) is 24.3 Å². The van der Waals surface area contributed by atoms with Crippen molar-refractivity contribution in [1.29, 1.82) is 0 Å². The normalized spacial score (nSPS) is 10.7. The third-order valence-corrected chi connectivity index (χ3v) is 3.11. The molecule has 5 nitrogen and oxygen atoms in total. The average Bonchev–Trinajstić information content (AvgIpc) is 2.52. The highest BCUT2D eigenvalue weighted by atomic mass is 19.1. The van der Waals surface area contributed by atoms with Gasteiger partial charge < -0.3 is 10.5 Å². The Morgan fingerprint density at radius 2 is 1.78 bits per heavy atom.